The fourth-order valence-corrected chi connectivity index (χ4v) is 3.56. The highest BCUT2D eigenvalue weighted by atomic mass is 16.5. The molecule has 2 aromatic rings. The largest absolute Gasteiger partial charge is 0.465 e. The van der Waals surface area contributed by atoms with E-state index in [-0.39, 0.29) is 12.3 Å². The Bertz CT molecular complexity index is 1010. The number of esters is 1. The van der Waals surface area contributed by atoms with Crippen molar-refractivity contribution in [2.45, 2.75) is 33.2 Å². The van der Waals surface area contributed by atoms with Gasteiger partial charge in [-0.15, -0.1) is 0 Å². The highest BCUT2D eigenvalue weighted by Gasteiger charge is 2.46. The van der Waals surface area contributed by atoms with Crippen molar-refractivity contribution >= 4 is 35.2 Å². The van der Waals surface area contributed by atoms with Crippen LogP contribution in [0.3, 0.4) is 0 Å². The van der Waals surface area contributed by atoms with Gasteiger partial charge in [-0.2, -0.15) is 0 Å². The molecule has 3 rings (SSSR count). The summed E-state index contributed by atoms with van der Waals surface area (Å²) < 4.78 is 4.66. The number of methoxy groups -OCH3 is 1. The van der Waals surface area contributed by atoms with Crippen LogP contribution in [0, 0.1) is 12.8 Å². The van der Waals surface area contributed by atoms with Gasteiger partial charge in [0.25, 0.3) is 5.91 Å². The van der Waals surface area contributed by atoms with E-state index < -0.39 is 29.9 Å². The molecule has 0 saturated carbocycles. The Morgan fingerprint density at radius 1 is 1.03 bits per heavy atom. The SMILES string of the molecule is COC(=O)c1ccc(NC(=O)C[C@H]2C(=O)N(c3ccc(C)cc3)C(=O)N2CC(C)C)cc1. The number of urea groups is 1. The van der Waals surface area contributed by atoms with E-state index in [2.05, 4.69) is 10.1 Å². The molecule has 0 radical (unpaired) electrons. The molecule has 8 heteroatoms. The van der Waals surface area contributed by atoms with Crippen LogP contribution in [0.25, 0.3) is 0 Å². The van der Waals surface area contributed by atoms with Gasteiger partial charge in [-0.3, -0.25) is 9.59 Å². The molecule has 0 spiro atoms. The topological polar surface area (TPSA) is 96.0 Å². The zero-order chi connectivity index (χ0) is 23.4. The van der Waals surface area contributed by atoms with Gasteiger partial charge in [-0.1, -0.05) is 31.5 Å². The average Bonchev–Trinajstić information content (AvgIpc) is 2.98. The smallest absolute Gasteiger partial charge is 0.337 e. The second-order valence-electron chi connectivity index (χ2n) is 8.18. The van der Waals surface area contributed by atoms with E-state index in [0.29, 0.717) is 23.5 Å². The minimum absolute atomic E-state index is 0.126. The molecule has 1 fully saturated rings. The summed E-state index contributed by atoms with van der Waals surface area (Å²) in [5, 5.41) is 2.72. The molecule has 1 N–H and O–H groups in total. The number of nitrogens with one attached hydrogen (secondary N) is 1. The number of imide groups is 1. The van der Waals surface area contributed by atoms with Crippen molar-refractivity contribution in [3.8, 4) is 0 Å². The van der Waals surface area contributed by atoms with Crippen molar-refractivity contribution in [2.75, 3.05) is 23.9 Å². The van der Waals surface area contributed by atoms with Crippen LogP contribution in [-0.4, -0.2) is 48.4 Å². The van der Waals surface area contributed by atoms with Gasteiger partial charge in [0, 0.05) is 12.2 Å². The maximum Gasteiger partial charge on any atom is 0.337 e. The lowest BCUT2D eigenvalue weighted by Gasteiger charge is -2.23. The third-order valence-corrected chi connectivity index (χ3v) is 5.14. The van der Waals surface area contributed by atoms with E-state index in [0.717, 1.165) is 10.5 Å². The third-order valence-electron chi connectivity index (χ3n) is 5.14. The van der Waals surface area contributed by atoms with E-state index in [1.54, 1.807) is 24.3 Å². The summed E-state index contributed by atoms with van der Waals surface area (Å²) in [7, 11) is 1.29. The van der Waals surface area contributed by atoms with Crippen LogP contribution >= 0.6 is 0 Å². The summed E-state index contributed by atoms with van der Waals surface area (Å²) in [5.41, 5.74) is 2.34. The molecule has 0 aliphatic carbocycles. The molecule has 168 valence electrons. The monoisotopic (exact) mass is 437 g/mol. The summed E-state index contributed by atoms with van der Waals surface area (Å²) in [6, 6.07) is 12.0. The Morgan fingerprint density at radius 2 is 1.66 bits per heavy atom. The van der Waals surface area contributed by atoms with Crippen LogP contribution in [0.1, 0.15) is 36.2 Å². The summed E-state index contributed by atoms with van der Waals surface area (Å²) in [4.78, 5) is 53.1. The van der Waals surface area contributed by atoms with Crippen LogP contribution in [0.4, 0.5) is 16.2 Å². The Kier molecular flexibility index (Phi) is 6.92. The van der Waals surface area contributed by atoms with Crippen molar-refractivity contribution in [3.05, 3.63) is 59.7 Å². The van der Waals surface area contributed by atoms with Crippen LogP contribution in [0.15, 0.2) is 48.5 Å². The summed E-state index contributed by atoms with van der Waals surface area (Å²) >= 11 is 0. The zero-order valence-electron chi connectivity index (χ0n) is 18.6. The minimum atomic E-state index is -0.888. The summed E-state index contributed by atoms with van der Waals surface area (Å²) in [6.07, 6.45) is -0.168. The Morgan fingerprint density at radius 3 is 2.22 bits per heavy atom. The van der Waals surface area contributed by atoms with Crippen molar-refractivity contribution in [1.29, 1.82) is 0 Å². The normalized spacial score (nSPS) is 16.0. The zero-order valence-corrected chi connectivity index (χ0v) is 18.6. The number of nitrogens with zero attached hydrogens (tertiary/aromatic N) is 2. The number of carbonyl (C=O) groups is 4. The number of rotatable bonds is 7. The number of hydrogen-bond acceptors (Lipinski definition) is 5. The highest BCUT2D eigenvalue weighted by molar-refractivity contribution is 6.22. The van der Waals surface area contributed by atoms with E-state index in [4.69, 9.17) is 0 Å². The number of ether oxygens (including phenoxy) is 1. The number of amides is 4. The number of benzene rings is 2. The van der Waals surface area contributed by atoms with Gasteiger partial charge >= 0.3 is 12.0 Å². The molecule has 0 bridgehead atoms. The van der Waals surface area contributed by atoms with Gasteiger partial charge < -0.3 is 15.0 Å². The Hall–Kier alpha value is -3.68. The molecule has 1 aliphatic heterocycles. The Labute approximate surface area is 187 Å². The number of aryl methyl sites for hydroxylation is 1. The fraction of sp³-hybridized carbons (Fsp3) is 0.333. The van der Waals surface area contributed by atoms with Gasteiger partial charge in [0.2, 0.25) is 5.91 Å². The third kappa shape index (κ3) is 4.96. The molecule has 1 saturated heterocycles. The molecule has 1 atom stereocenters. The van der Waals surface area contributed by atoms with Gasteiger partial charge in [0.1, 0.15) is 6.04 Å². The molecule has 1 heterocycles. The van der Waals surface area contributed by atoms with E-state index >= 15 is 0 Å². The quantitative estimate of drug-likeness (QED) is 0.527. The second kappa shape index (κ2) is 9.64. The number of carbonyl (C=O) groups excluding carboxylic acids is 4. The maximum absolute atomic E-state index is 13.2. The molecular formula is C24H27N3O5. The van der Waals surface area contributed by atoms with Crippen LogP contribution < -0.4 is 10.2 Å². The fourth-order valence-electron chi connectivity index (χ4n) is 3.56. The highest BCUT2D eigenvalue weighted by Crippen LogP contribution is 2.28. The Balaban J connectivity index is 1.77. The lowest BCUT2D eigenvalue weighted by molar-refractivity contribution is -0.124. The summed E-state index contributed by atoms with van der Waals surface area (Å²) in [5.74, 6) is -1.17. The van der Waals surface area contributed by atoms with Crippen molar-refractivity contribution in [2.24, 2.45) is 5.92 Å². The van der Waals surface area contributed by atoms with Gasteiger partial charge in [-0.05, 0) is 49.2 Å². The second-order valence-corrected chi connectivity index (χ2v) is 8.18. The molecule has 4 amide bonds. The van der Waals surface area contributed by atoms with Crippen molar-refractivity contribution in [3.63, 3.8) is 0 Å². The predicted octanol–water partition coefficient (Wildman–Crippen LogP) is 3.60. The molecular weight excluding hydrogens is 410 g/mol. The molecule has 0 unspecified atom stereocenters. The van der Waals surface area contributed by atoms with Crippen LogP contribution in [-0.2, 0) is 14.3 Å². The number of anilines is 2. The molecule has 8 nitrogen and oxygen atoms in total. The predicted molar refractivity (Wildman–Crippen MR) is 120 cm³/mol. The minimum Gasteiger partial charge on any atom is -0.465 e. The first-order valence-electron chi connectivity index (χ1n) is 10.4. The first kappa shape index (κ1) is 23.0. The van der Waals surface area contributed by atoms with E-state index in [9.17, 15) is 19.2 Å². The standard InChI is InChI=1S/C24H27N3O5/c1-15(2)14-26-20(22(29)27(24(26)31)19-11-5-16(3)6-12-19)13-21(28)25-18-9-7-17(8-10-18)23(30)32-4/h5-12,15,20H,13-14H2,1-4H3,(H,25,28)/t20-/m0/s1. The first-order chi connectivity index (χ1) is 15.2. The van der Waals surface area contributed by atoms with Gasteiger partial charge in [0.15, 0.2) is 0 Å². The lowest BCUT2D eigenvalue weighted by Crippen LogP contribution is -2.40. The number of hydrogen-bond donors (Lipinski definition) is 1. The first-order valence-corrected chi connectivity index (χ1v) is 10.4. The molecule has 2 aromatic carbocycles. The van der Waals surface area contributed by atoms with Crippen LogP contribution in [0.5, 0.6) is 0 Å². The average molecular weight is 437 g/mol. The molecule has 0 aromatic heterocycles. The van der Waals surface area contributed by atoms with Gasteiger partial charge in [0.05, 0.1) is 24.8 Å². The van der Waals surface area contributed by atoms with E-state index in [1.165, 1.54) is 24.1 Å². The van der Waals surface area contributed by atoms with Crippen molar-refractivity contribution < 1.29 is 23.9 Å². The molecule has 1 aliphatic rings. The lowest BCUT2D eigenvalue weighted by atomic mass is 10.1. The van der Waals surface area contributed by atoms with Gasteiger partial charge in [-0.25, -0.2) is 14.5 Å². The van der Waals surface area contributed by atoms with E-state index in [1.807, 2.05) is 32.9 Å². The maximum atomic E-state index is 13.2. The summed E-state index contributed by atoms with van der Waals surface area (Å²) in [6.45, 7) is 6.19. The molecule has 32 heavy (non-hydrogen) atoms. The van der Waals surface area contributed by atoms with Crippen LogP contribution in [0.2, 0.25) is 0 Å². The van der Waals surface area contributed by atoms with Crippen molar-refractivity contribution in [1.82, 2.24) is 4.90 Å².